The summed E-state index contributed by atoms with van der Waals surface area (Å²) in [5.41, 5.74) is 1.44. The van der Waals surface area contributed by atoms with Crippen LogP contribution in [0.25, 0.3) is 10.6 Å². The van der Waals surface area contributed by atoms with Crippen molar-refractivity contribution in [2.75, 3.05) is 6.54 Å². The second-order valence-electron chi connectivity index (χ2n) is 6.36. The highest BCUT2D eigenvalue weighted by molar-refractivity contribution is 7.13. The van der Waals surface area contributed by atoms with Gasteiger partial charge in [0.2, 0.25) is 5.91 Å². The number of halogens is 1. The average molecular weight is 376 g/mol. The SMILES string of the molecule is O=C(CNC(=O)C1CCCCC1)OCc1csc(-c2ccc(F)cc2)n1. The van der Waals surface area contributed by atoms with E-state index in [1.807, 2.05) is 0 Å². The molecule has 3 rings (SSSR count). The third-order valence-electron chi connectivity index (χ3n) is 4.41. The predicted octanol–water partition coefficient (Wildman–Crippen LogP) is 3.69. The maximum absolute atomic E-state index is 13.0. The number of carbonyl (C=O) groups is 2. The second-order valence-corrected chi connectivity index (χ2v) is 7.22. The molecule has 1 heterocycles. The smallest absolute Gasteiger partial charge is 0.325 e. The molecule has 5 nitrogen and oxygen atoms in total. The number of hydrogen-bond donors (Lipinski definition) is 1. The van der Waals surface area contributed by atoms with Gasteiger partial charge in [0.1, 0.15) is 24.0 Å². The summed E-state index contributed by atoms with van der Waals surface area (Å²) in [6, 6.07) is 6.08. The normalized spacial score (nSPS) is 14.8. The number of rotatable bonds is 6. The molecule has 1 saturated carbocycles. The Morgan fingerprint density at radius 1 is 1.19 bits per heavy atom. The molecule has 138 valence electrons. The lowest BCUT2D eigenvalue weighted by Gasteiger charge is -2.20. The third kappa shape index (κ3) is 5.11. The van der Waals surface area contributed by atoms with Crippen molar-refractivity contribution in [1.82, 2.24) is 10.3 Å². The number of benzene rings is 1. The lowest BCUT2D eigenvalue weighted by molar-refractivity contribution is -0.145. The number of thiazole rings is 1. The van der Waals surface area contributed by atoms with Gasteiger partial charge in [0.25, 0.3) is 0 Å². The Bertz CT molecular complexity index is 754. The summed E-state index contributed by atoms with van der Waals surface area (Å²) in [6.45, 7) is -0.0693. The maximum atomic E-state index is 13.0. The molecule has 1 N–H and O–H groups in total. The van der Waals surface area contributed by atoms with Crippen LogP contribution in [0, 0.1) is 11.7 Å². The van der Waals surface area contributed by atoms with Crippen molar-refractivity contribution in [2.24, 2.45) is 5.92 Å². The summed E-state index contributed by atoms with van der Waals surface area (Å²) in [5.74, 6) is -0.817. The molecule has 26 heavy (non-hydrogen) atoms. The largest absolute Gasteiger partial charge is 0.458 e. The highest BCUT2D eigenvalue weighted by Gasteiger charge is 2.21. The first kappa shape index (κ1) is 18.5. The van der Waals surface area contributed by atoms with Crippen molar-refractivity contribution in [1.29, 1.82) is 0 Å². The minimum atomic E-state index is -0.481. The van der Waals surface area contributed by atoms with Gasteiger partial charge in [-0.2, -0.15) is 0 Å². The Hall–Kier alpha value is -2.28. The minimum absolute atomic E-state index is 0.0216. The maximum Gasteiger partial charge on any atom is 0.325 e. The van der Waals surface area contributed by atoms with Gasteiger partial charge in [0, 0.05) is 16.9 Å². The van der Waals surface area contributed by atoms with Crippen molar-refractivity contribution < 1.29 is 18.7 Å². The molecule has 1 aromatic heterocycles. The topological polar surface area (TPSA) is 68.3 Å². The first-order valence-corrected chi connectivity index (χ1v) is 9.63. The number of nitrogens with one attached hydrogen (secondary N) is 1. The minimum Gasteiger partial charge on any atom is -0.458 e. The predicted molar refractivity (Wildman–Crippen MR) is 96.9 cm³/mol. The lowest BCUT2D eigenvalue weighted by Crippen LogP contribution is -2.36. The molecular formula is C19H21FN2O3S. The van der Waals surface area contributed by atoms with Crippen LogP contribution in [-0.4, -0.2) is 23.4 Å². The Morgan fingerprint density at radius 2 is 1.92 bits per heavy atom. The number of ether oxygens (including phenoxy) is 1. The van der Waals surface area contributed by atoms with Crippen LogP contribution in [0.4, 0.5) is 4.39 Å². The van der Waals surface area contributed by atoms with Gasteiger partial charge >= 0.3 is 5.97 Å². The van der Waals surface area contributed by atoms with E-state index in [1.54, 1.807) is 17.5 Å². The zero-order chi connectivity index (χ0) is 18.4. The van der Waals surface area contributed by atoms with Crippen LogP contribution in [0.3, 0.4) is 0 Å². The fraction of sp³-hybridized carbons (Fsp3) is 0.421. The Kier molecular flexibility index (Phi) is 6.33. The van der Waals surface area contributed by atoms with Crippen molar-refractivity contribution >= 4 is 23.2 Å². The van der Waals surface area contributed by atoms with E-state index in [0.29, 0.717) is 5.69 Å². The first-order valence-electron chi connectivity index (χ1n) is 8.75. The van der Waals surface area contributed by atoms with Crippen LogP contribution in [0.15, 0.2) is 29.6 Å². The Labute approximate surface area is 155 Å². The molecule has 0 bridgehead atoms. The van der Waals surface area contributed by atoms with E-state index in [-0.39, 0.29) is 30.8 Å². The highest BCUT2D eigenvalue weighted by Crippen LogP contribution is 2.24. The summed E-state index contributed by atoms with van der Waals surface area (Å²) in [4.78, 5) is 28.2. The van der Waals surface area contributed by atoms with Crippen LogP contribution in [-0.2, 0) is 20.9 Å². The van der Waals surface area contributed by atoms with Crippen molar-refractivity contribution in [3.63, 3.8) is 0 Å². The molecular weight excluding hydrogens is 355 g/mol. The standard InChI is InChI=1S/C19H21FN2O3S/c20-15-8-6-14(7-9-15)19-22-16(12-26-19)11-25-17(23)10-21-18(24)13-4-2-1-3-5-13/h6-9,12-13H,1-5,10-11H2,(H,21,24). The van der Waals surface area contributed by atoms with Gasteiger partial charge < -0.3 is 10.1 Å². The van der Waals surface area contributed by atoms with Crippen LogP contribution in [0.1, 0.15) is 37.8 Å². The second kappa shape index (κ2) is 8.89. The van der Waals surface area contributed by atoms with Crippen LogP contribution < -0.4 is 5.32 Å². The van der Waals surface area contributed by atoms with E-state index < -0.39 is 5.97 Å². The van der Waals surface area contributed by atoms with E-state index in [9.17, 15) is 14.0 Å². The molecule has 0 spiro atoms. The molecule has 1 fully saturated rings. The number of nitrogens with zero attached hydrogens (tertiary/aromatic N) is 1. The lowest BCUT2D eigenvalue weighted by atomic mass is 9.89. The van der Waals surface area contributed by atoms with E-state index in [0.717, 1.165) is 36.3 Å². The van der Waals surface area contributed by atoms with Gasteiger partial charge in [-0.25, -0.2) is 9.37 Å². The van der Waals surface area contributed by atoms with E-state index in [2.05, 4.69) is 10.3 Å². The highest BCUT2D eigenvalue weighted by atomic mass is 32.1. The first-order chi connectivity index (χ1) is 12.6. The zero-order valence-corrected chi connectivity index (χ0v) is 15.2. The molecule has 1 amide bonds. The molecule has 7 heteroatoms. The summed E-state index contributed by atoms with van der Waals surface area (Å²) in [7, 11) is 0. The van der Waals surface area contributed by atoms with Crippen molar-refractivity contribution in [3.05, 3.63) is 41.2 Å². The van der Waals surface area contributed by atoms with Crippen molar-refractivity contribution in [3.8, 4) is 10.6 Å². The van der Waals surface area contributed by atoms with Crippen LogP contribution in [0.5, 0.6) is 0 Å². The monoisotopic (exact) mass is 376 g/mol. The van der Waals surface area contributed by atoms with Crippen molar-refractivity contribution in [2.45, 2.75) is 38.7 Å². The molecule has 0 unspecified atom stereocenters. The van der Waals surface area contributed by atoms with E-state index >= 15 is 0 Å². The summed E-state index contributed by atoms with van der Waals surface area (Å²) in [5, 5.41) is 5.19. The summed E-state index contributed by atoms with van der Waals surface area (Å²) >= 11 is 1.40. The van der Waals surface area contributed by atoms with E-state index in [4.69, 9.17) is 4.74 Å². The van der Waals surface area contributed by atoms with Gasteiger partial charge in [0.05, 0.1) is 5.69 Å². The Balaban J connectivity index is 1.43. The number of aromatic nitrogens is 1. The number of esters is 1. The average Bonchev–Trinajstić information content (AvgIpc) is 3.14. The van der Waals surface area contributed by atoms with Gasteiger partial charge in [-0.1, -0.05) is 19.3 Å². The summed E-state index contributed by atoms with van der Waals surface area (Å²) < 4.78 is 18.1. The quantitative estimate of drug-likeness (QED) is 0.781. The number of amides is 1. The molecule has 1 aliphatic rings. The molecule has 0 aliphatic heterocycles. The molecule has 2 aromatic rings. The molecule has 1 aliphatic carbocycles. The summed E-state index contributed by atoms with van der Waals surface area (Å²) in [6.07, 6.45) is 5.11. The molecule has 0 atom stereocenters. The van der Waals surface area contributed by atoms with Crippen LogP contribution >= 0.6 is 11.3 Å². The molecule has 0 saturated heterocycles. The molecule has 0 radical (unpaired) electrons. The third-order valence-corrected chi connectivity index (χ3v) is 5.35. The van der Waals surface area contributed by atoms with Gasteiger partial charge in [-0.3, -0.25) is 9.59 Å². The van der Waals surface area contributed by atoms with Gasteiger partial charge in [-0.05, 0) is 37.1 Å². The Morgan fingerprint density at radius 3 is 2.65 bits per heavy atom. The van der Waals surface area contributed by atoms with E-state index in [1.165, 1.54) is 29.9 Å². The van der Waals surface area contributed by atoms with Crippen LogP contribution in [0.2, 0.25) is 0 Å². The molecule has 1 aromatic carbocycles. The fourth-order valence-electron chi connectivity index (χ4n) is 2.97. The fourth-order valence-corrected chi connectivity index (χ4v) is 3.78. The van der Waals surface area contributed by atoms with Gasteiger partial charge in [0.15, 0.2) is 0 Å². The number of carbonyl (C=O) groups excluding carboxylic acids is 2. The number of hydrogen-bond acceptors (Lipinski definition) is 5. The van der Waals surface area contributed by atoms with Gasteiger partial charge in [-0.15, -0.1) is 11.3 Å². The zero-order valence-electron chi connectivity index (χ0n) is 14.4.